The van der Waals surface area contributed by atoms with Gasteiger partial charge in [-0.25, -0.2) is 4.39 Å². The van der Waals surface area contributed by atoms with Crippen LogP contribution >= 0.6 is 15.9 Å². The fraction of sp³-hybridized carbons (Fsp3) is 0.235. The summed E-state index contributed by atoms with van der Waals surface area (Å²) >= 11 is 3.20. The van der Waals surface area contributed by atoms with Gasteiger partial charge in [0.25, 0.3) is 0 Å². The van der Waals surface area contributed by atoms with Crippen LogP contribution in [0, 0.1) is 5.82 Å². The number of carbonyl (C=O) groups excluding carboxylic acids is 1. The monoisotopic (exact) mass is 362 g/mol. The molecule has 1 heterocycles. The third-order valence-corrected chi connectivity index (χ3v) is 4.36. The van der Waals surface area contributed by atoms with Crippen molar-refractivity contribution in [2.24, 2.45) is 0 Å². The number of hydrogen-bond donors (Lipinski definition) is 1. The maximum absolute atomic E-state index is 13.8. The number of para-hydroxylation sites is 1. The minimum atomic E-state index is -0.447. The minimum Gasteiger partial charge on any atom is -0.359 e. The van der Waals surface area contributed by atoms with Gasteiger partial charge in [0.05, 0.1) is 12.2 Å². The number of anilines is 2. The van der Waals surface area contributed by atoms with Gasteiger partial charge in [0.15, 0.2) is 0 Å². The van der Waals surface area contributed by atoms with Gasteiger partial charge in [-0.3, -0.25) is 4.79 Å². The molecule has 2 aromatic carbocycles. The largest absolute Gasteiger partial charge is 0.359 e. The lowest BCUT2D eigenvalue weighted by Gasteiger charge is -2.24. The van der Waals surface area contributed by atoms with E-state index in [9.17, 15) is 9.18 Å². The van der Waals surface area contributed by atoms with Crippen LogP contribution in [0.2, 0.25) is 0 Å². The smallest absolute Gasteiger partial charge is 0.243 e. The number of amides is 1. The Morgan fingerprint density at radius 1 is 1.36 bits per heavy atom. The summed E-state index contributed by atoms with van der Waals surface area (Å²) in [4.78, 5) is 14.3. The first kappa shape index (κ1) is 15.0. The first-order valence-electron chi connectivity index (χ1n) is 7.14. The number of halogens is 2. The topological polar surface area (TPSA) is 32.3 Å². The normalized spacial score (nSPS) is 16.5. The summed E-state index contributed by atoms with van der Waals surface area (Å²) < 4.78 is 14.4. The van der Waals surface area contributed by atoms with Crippen molar-refractivity contribution < 1.29 is 9.18 Å². The highest BCUT2D eigenvalue weighted by Gasteiger charge is 2.27. The highest BCUT2D eigenvalue weighted by atomic mass is 79.9. The van der Waals surface area contributed by atoms with Crippen LogP contribution in [0.1, 0.15) is 12.5 Å². The highest BCUT2D eigenvalue weighted by molar-refractivity contribution is 9.10. The second-order valence-electron chi connectivity index (χ2n) is 5.48. The van der Waals surface area contributed by atoms with Crippen molar-refractivity contribution in [3.63, 3.8) is 0 Å². The third kappa shape index (κ3) is 2.99. The van der Waals surface area contributed by atoms with Gasteiger partial charge in [0.2, 0.25) is 5.91 Å². The van der Waals surface area contributed by atoms with Crippen LogP contribution in [0.15, 0.2) is 46.9 Å². The van der Waals surface area contributed by atoms with E-state index in [1.807, 2.05) is 18.2 Å². The zero-order chi connectivity index (χ0) is 15.7. The van der Waals surface area contributed by atoms with Gasteiger partial charge in [-0.05, 0) is 43.2 Å². The summed E-state index contributed by atoms with van der Waals surface area (Å²) in [7, 11) is 0. The quantitative estimate of drug-likeness (QED) is 0.895. The van der Waals surface area contributed by atoms with Crippen LogP contribution in [0.25, 0.3) is 0 Å². The predicted octanol–water partition coefficient (Wildman–Crippen LogP) is 3.98. The Labute approximate surface area is 137 Å². The molecular formula is C17H16BrFN2O. The molecule has 0 unspecified atom stereocenters. The van der Waals surface area contributed by atoms with Crippen molar-refractivity contribution in [1.29, 1.82) is 0 Å². The summed E-state index contributed by atoms with van der Waals surface area (Å²) in [6.07, 6.45) is 0.927. The average molecular weight is 363 g/mol. The summed E-state index contributed by atoms with van der Waals surface area (Å²) in [6.45, 7) is 2.31. The molecule has 0 saturated heterocycles. The molecule has 1 amide bonds. The zero-order valence-electron chi connectivity index (χ0n) is 12.1. The zero-order valence-corrected chi connectivity index (χ0v) is 13.7. The van der Waals surface area contributed by atoms with Crippen molar-refractivity contribution in [2.45, 2.75) is 19.4 Å². The van der Waals surface area contributed by atoms with Crippen molar-refractivity contribution in [3.05, 3.63) is 58.3 Å². The number of fused-ring (bicyclic) bond motifs is 1. The second-order valence-corrected chi connectivity index (χ2v) is 6.40. The molecule has 0 aromatic heterocycles. The van der Waals surface area contributed by atoms with Crippen LogP contribution < -0.4 is 10.2 Å². The Bertz CT molecular complexity index is 720. The maximum atomic E-state index is 13.8. The van der Waals surface area contributed by atoms with Gasteiger partial charge < -0.3 is 10.2 Å². The maximum Gasteiger partial charge on any atom is 0.243 e. The van der Waals surface area contributed by atoms with Gasteiger partial charge in [-0.15, -0.1) is 0 Å². The van der Waals surface area contributed by atoms with Crippen LogP contribution in [0.5, 0.6) is 0 Å². The van der Waals surface area contributed by atoms with Gasteiger partial charge >= 0.3 is 0 Å². The molecule has 3 nitrogen and oxygen atoms in total. The highest BCUT2D eigenvalue weighted by Crippen LogP contribution is 2.31. The van der Waals surface area contributed by atoms with Gasteiger partial charge in [0.1, 0.15) is 5.82 Å². The first-order chi connectivity index (χ1) is 10.5. The lowest BCUT2D eigenvalue weighted by Crippen LogP contribution is -2.37. The molecule has 22 heavy (non-hydrogen) atoms. The van der Waals surface area contributed by atoms with Crippen molar-refractivity contribution >= 4 is 33.2 Å². The van der Waals surface area contributed by atoms with E-state index in [2.05, 4.69) is 39.1 Å². The fourth-order valence-corrected chi connectivity index (χ4v) is 3.14. The van der Waals surface area contributed by atoms with Crippen LogP contribution in [-0.4, -0.2) is 18.5 Å². The van der Waals surface area contributed by atoms with E-state index in [-0.39, 0.29) is 24.2 Å². The lowest BCUT2D eigenvalue weighted by atomic mass is 10.1. The minimum absolute atomic E-state index is 0.202. The molecule has 0 fully saturated rings. The molecule has 1 aliphatic rings. The molecule has 2 aromatic rings. The SMILES string of the molecule is C[C@H]1Cc2ccccc2N1CC(=O)Nc1ccc(Br)cc1F. The Hall–Kier alpha value is -1.88. The third-order valence-electron chi connectivity index (χ3n) is 3.87. The van der Waals surface area contributed by atoms with Crippen molar-refractivity contribution in [1.82, 2.24) is 0 Å². The number of carbonyl (C=O) groups is 1. The summed E-state index contributed by atoms with van der Waals surface area (Å²) in [5.74, 6) is -0.664. The molecule has 1 aliphatic heterocycles. The summed E-state index contributed by atoms with van der Waals surface area (Å²) in [5, 5.41) is 2.64. The van der Waals surface area contributed by atoms with Gasteiger partial charge in [-0.2, -0.15) is 0 Å². The summed E-state index contributed by atoms with van der Waals surface area (Å²) in [5.41, 5.74) is 2.53. The van der Waals surface area contributed by atoms with Crippen molar-refractivity contribution in [3.8, 4) is 0 Å². The average Bonchev–Trinajstić information content (AvgIpc) is 2.78. The van der Waals surface area contributed by atoms with E-state index >= 15 is 0 Å². The Morgan fingerprint density at radius 2 is 2.14 bits per heavy atom. The molecule has 0 saturated carbocycles. The number of benzene rings is 2. The fourth-order valence-electron chi connectivity index (χ4n) is 2.81. The Morgan fingerprint density at radius 3 is 2.91 bits per heavy atom. The molecule has 114 valence electrons. The second kappa shape index (κ2) is 6.08. The molecule has 0 aliphatic carbocycles. The molecule has 0 radical (unpaired) electrons. The number of nitrogens with zero attached hydrogens (tertiary/aromatic N) is 1. The first-order valence-corrected chi connectivity index (χ1v) is 7.93. The van der Waals surface area contributed by atoms with E-state index < -0.39 is 5.82 Å². The molecule has 5 heteroatoms. The predicted molar refractivity (Wildman–Crippen MR) is 89.7 cm³/mol. The van der Waals surface area contributed by atoms with Crippen molar-refractivity contribution in [2.75, 3.05) is 16.8 Å². The Kier molecular flexibility index (Phi) is 4.16. The van der Waals surface area contributed by atoms with E-state index in [0.717, 1.165) is 12.1 Å². The molecule has 0 spiro atoms. The molecular weight excluding hydrogens is 347 g/mol. The van der Waals surface area contributed by atoms with Crippen LogP contribution in [-0.2, 0) is 11.2 Å². The van der Waals surface area contributed by atoms with E-state index in [0.29, 0.717) is 4.47 Å². The van der Waals surface area contributed by atoms with Crippen LogP contribution in [0.3, 0.4) is 0 Å². The Balaban J connectivity index is 1.72. The van der Waals surface area contributed by atoms with E-state index in [1.165, 1.54) is 11.6 Å². The van der Waals surface area contributed by atoms with E-state index in [4.69, 9.17) is 0 Å². The molecule has 0 bridgehead atoms. The van der Waals surface area contributed by atoms with Crippen LogP contribution in [0.4, 0.5) is 15.8 Å². The standard InChI is InChI=1S/C17H16BrFN2O/c1-11-8-12-4-2-3-5-16(12)21(11)10-17(22)20-15-7-6-13(18)9-14(15)19/h2-7,9,11H,8,10H2,1H3,(H,20,22)/t11-/m0/s1. The molecule has 1 atom stereocenters. The number of nitrogens with one attached hydrogen (secondary N) is 1. The van der Waals surface area contributed by atoms with Gasteiger partial charge in [0, 0.05) is 16.2 Å². The lowest BCUT2D eigenvalue weighted by molar-refractivity contribution is -0.115. The number of rotatable bonds is 3. The number of hydrogen-bond acceptors (Lipinski definition) is 2. The van der Waals surface area contributed by atoms with Gasteiger partial charge in [-0.1, -0.05) is 34.1 Å². The molecule has 3 rings (SSSR count). The molecule has 1 N–H and O–H groups in total. The van der Waals surface area contributed by atoms with E-state index in [1.54, 1.807) is 12.1 Å². The summed E-state index contributed by atoms with van der Waals surface area (Å²) in [6, 6.07) is 12.9.